The van der Waals surface area contributed by atoms with Crippen LogP contribution in [-0.2, 0) is 11.2 Å². The SMILES string of the molecule is CCc1sc(C(=O)NCC(=O)N2CCC[C@@H]2c2nnc3ccccn23)cc1C. The van der Waals surface area contributed by atoms with E-state index in [0.29, 0.717) is 11.4 Å². The number of hydrogen-bond acceptors (Lipinski definition) is 5. The molecule has 1 fully saturated rings. The first kappa shape index (κ1) is 18.6. The van der Waals surface area contributed by atoms with E-state index in [9.17, 15) is 9.59 Å². The largest absolute Gasteiger partial charge is 0.342 e. The second kappa shape index (κ2) is 7.71. The Bertz CT molecular complexity index is 1020. The van der Waals surface area contributed by atoms with Crippen molar-refractivity contribution in [3.05, 3.63) is 51.6 Å². The highest BCUT2D eigenvalue weighted by Crippen LogP contribution is 2.31. The van der Waals surface area contributed by atoms with E-state index >= 15 is 0 Å². The van der Waals surface area contributed by atoms with Crippen molar-refractivity contribution in [3.63, 3.8) is 0 Å². The zero-order chi connectivity index (χ0) is 19.7. The molecule has 0 bridgehead atoms. The van der Waals surface area contributed by atoms with Crippen LogP contribution in [0.2, 0.25) is 0 Å². The van der Waals surface area contributed by atoms with Crippen LogP contribution in [0, 0.1) is 6.92 Å². The number of fused-ring (bicyclic) bond motifs is 1. The summed E-state index contributed by atoms with van der Waals surface area (Å²) in [5.41, 5.74) is 1.90. The number of likely N-dealkylation sites (tertiary alicyclic amines) is 1. The van der Waals surface area contributed by atoms with Crippen LogP contribution in [0.5, 0.6) is 0 Å². The van der Waals surface area contributed by atoms with Crippen LogP contribution in [-0.4, -0.2) is 44.4 Å². The first-order valence-corrected chi connectivity index (χ1v) is 10.4. The van der Waals surface area contributed by atoms with Gasteiger partial charge in [-0.05, 0) is 49.9 Å². The normalized spacial score (nSPS) is 16.6. The summed E-state index contributed by atoms with van der Waals surface area (Å²) in [5.74, 6) is 0.492. The first-order chi connectivity index (χ1) is 13.6. The van der Waals surface area contributed by atoms with Crippen LogP contribution in [0.4, 0.5) is 0 Å². The van der Waals surface area contributed by atoms with Crippen LogP contribution in [0.25, 0.3) is 5.65 Å². The Labute approximate surface area is 167 Å². The zero-order valence-electron chi connectivity index (χ0n) is 16.0. The molecule has 2 amide bonds. The fourth-order valence-corrected chi connectivity index (χ4v) is 4.78. The van der Waals surface area contributed by atoms with E-state index < -0.39 is 0 Å². The van der Waals surface area contributed by atoms with E-state index in [1.807, 2.05) is 41.8 Å². The van der Waals surface area contributed by atoms with Gasteiger partial charge in [0.25, 0.3) is 5.91 Å². The second-order valence-corrected chi connectivity index (χ2v) is 8.12. The van der Waals surface area contributed by atoms with Crippen molar-refractivity contribution in [2.24, 2.45) is 0 Å². The highest BCUT2D eigenvalue weighted by Gasteiger charge is 2.33. The number of nitrogens with one attached hydrogen (secondary N) is 1. The van der Waals surface area contributed by atoms with Gasteiger partial charge in [-0.1, -0.05) is 13.0 Å². The van der Waals surface area contributed by atoms with E-state index in [1.165, 1.54) is 16.2 Å². The molecule has 4 rings (SSSR count). The van der Waals surface area contributed by atoms with Gasteiger partial charge >= 0.3 is 0 Å². The highest BCUT2D eigenvalue weighted by atomic mass is 32.1. The lowest BCUT2D eigenvalue weighted by Gasteiger charge is -2.23. The van der Waals surface area contributed by atoms with Crippen LogP contribution in [0.3, 0.4) is 0 Å². The molecule has 0 saturated carbocycles. The number of aryl methyl sites for hydroxylation is 2. The van der Waals surface area contributed by atoms with Crippen LogP contribution < -0.4 is 5.32 Å². The molecule has 1 aliphatic heterocycles. The van der Waals surface area contributed by atoms with E-state index in [4.69, 9.17) is 0 Å². The lowest BCUT2D eigenvalue weighted by atomic mass is 10.2. The molecule has 7 nitrogen and oxygen atoms in total. The Balaban J connectivity index is 1.44. The fraction of sp³-hybridized carbons (Fsp3) is 0.400. The van der Waals surface area contributed by atoms with Gasteiger partial charge in [-0.15, -0.1) is 21.5 Å². The van der Waals surface area contributed by atoms with Gasteiger partial charge < -0.3 is 10.2 Å². The van der Waals surface area contributed by atoms with Crippen molar-refractivity contribution in [1.29, 1.82) is 0 Å². The summed E-state index contributed by atoms with van der Waals surface area (Å²) in [6.45, 7) is 4.74. The standard InChI is InChI=1S/C20H23N5O2S/c1-3-15-13(2)11-16(28-15)20(27)21-12-18(26)24-10-6-7-14(24)19-23-22-17-8-4-5-9-25(17)19/h4-5,8-9,11,14H,3,6-7,10,12H2,1-2H3,(H,21,27)/t14-/m1/s1. The molecular formula is C20H23N5O2S. The third-order valence-electron chi connectivity index (χ3n) is 5.18. The molecule has 3 aromatic heterocycles. The molecule has 0 radical (unpaired) electrons. The van der Waals surface area contributed by atoms with Crippen molar-refractivity contribution in [3.8, 4) is 0 Å². The fourth-order valence-electron chi connectivity index (χ4n) is 3.75. The molecule has 3 aromatic rings. The quantitative estimate of drug-likeness (QED) is 0.718. The van der Waals surface area contributed by atoms with E-state index in [2.05, 4.69) is 22.4 Å². The topological polar surface area (TPSA) is 79.6 Å². The summed E-state index contributed by atoms with van der Waals surface area (Å²) >= 11 is 1.49. The molecule has 1 saturated heterocycles. The van der Waals surface area contributed by atoms with E-state index in [1.54, 1.807) is 4.90 Å². The first-order valence-electron chi connectivity index (χ1n) is 9.55. The summed E-state index contributed by atoms with van der Waals surface area (Å²) in [4.78, 5) is 28.9. The van der Waals surface area contributed by atoms with Crippen LogP contribution in [0.1, 0.15) is 51.7 Å². The minimum atomic E-state index is -0.190. The number of nitrogens with zero attached hydrogens (tertiary/aromatic N) is 4. The maximum Gasteiger partial charge on any atom is 0.261 e. The molecule has 1 N–H and O–H groups in total. The van der Waals surface area contributed by atoms with Crippen molar-refractivity contribution in [2.45, 2.75) is 39.2 Å². The Kier molecular flexibility index (Phi) is 5.13. The smallest absolute Gasteiger partial charge is 0.261 e. The Morgan fingerprint density at radius 1 is 1.32 bits per heavy atom. The summed E-state index contributed by atoms with van der Waals surface area (Å²) < 4.78 is 1.93. The number of thiophene rings is 1. The van der Waals surface area contributed by atoms with Crippen LogP contribution in [0.15, 0.2) is 30.5 Å². The molecule has 0 spiro atoms. The van der Waals surface area contributed by atoms with Gasteiger partial charge in [-0.3, -0.25) is 14.0 Å². The summed E-state index contributed by atoms with van der Waals surface area (Å²) in [5, 5.41) is 11.3. The van der Waals surface area contributed by atoms with E-state index in [-0.39, 0.29) is 24.4 Å². The third-order valence-corrected chi connectivity index (χ3v) is 6.56. The molecule has 8 heteroatoms. The second-order valence-electron chi connectivity index (χ2n) is 6.99. The Morgan fingerprint density at radius 3 is 2.96 bits per heavy atom. The highest BCUT2D eigenvalue weighted by molar-refractivity contribution is 7.14. The molecule has 0 aromatic carbocycles. The number of pyridine rings is 1. The monoisotopic (exact) mass is 397 g/mol. The third kappa shape index (κ3) is 3.40. The van der Waals surface area contributed by atoms with Crippen molar-refractivity contribution in [1.82, 2.24) is 24.8 Å². The number of carbonyl (C=O) groups excluding carboxylic acids is 2. The minimum Gasteiger partial charge on any atom is -0.342 e. The molecule has 0 aliphatic carbocycles. The maximum atomic E-state index is 12.8. The number of aromatic nitrogens is 3. The van der Waals surface area contributed by atoms with Crippen molar-refractivity contribution in [2.75, 3.05) is 13.1 Å². The Morgan fingerprint density at radius 2 is 2.18 bits per heavy atom. The number of amides is 2. The number of rotatable bonds is 5. The maximum absolute atomic E-state index is 12.8. The average molecular weight is 398 g/mol. The van der Waals surface area contributed by atoms with E-state index in [0.717, 1.165) is 36.3 Å². The van der Waals surface area contributed by atoms with Crippen molar-refractivity contribution >= 4 is 28.8 Å². The molecule has 146 valence electrons. The van der Waals surface area contributed by atoms with Gasteiger partial charge in [0.2, 0.25) is 5.91 Å². The molecule has 4 heterocycles. The molecular weight excluding hydrogens is 374 g/mol. The summed E-state index contributed by atoms with van der Waals surface area (Å²) in [6.07, 6.45) is 4.58. The number of hydrogen-bond donors (Lipinski definition) is 1. The Hall–Kier alpha value is -2.74. The van der Waals surface area contributed by atoms with Gasteiger partial charge in [0.05, 0.1) is 17.5 Å². The van der Waals surface area contributed by atoms with Gasteiger partial charge in [-0.25, -0.2) is 0 Å². The predicted octanol–water partition coefficient (Wildman–Crippen LogP) is 2.76. The van der Waals surface area contributed by atoms with Crippen LogP contribution >= 0.6 is 11.3 Å². The van der Waals surface area contributed by atoms with Gasteiger partial charge in [-0.2, -0.15) is 0 Å². The van der Waals surface area contributed by atoms with Crippen molar-refractivity contribution < 1.29 is 9.59 Å². The van der Waals surface area contributed by atoms with Gasteiger partial charge in [0.15, 0.2) is 11.5 Å². The average Bonchev–Trinajstić information content (AvgIpc) is 3.42. The zero-order valence-corrected chi connectivity index (χ0v) is 16.8. The predicted molar refractivity (Wildman–Crippen MR) is 107 cm³/mol. The molecule has 1 atom stereocenters. The minimum absolute atomic E-state index is 0.00945. The molecule has 0 unspecified atom stereocenters. The summed E-state index contributed by atoms with van der Waals surface area (Å²) in [6, 6.07) is 7.51. The van der Waals surface area contributed by atoms with Gasteiger partial charge in [0, 0.05) is 17.6 Å². The number of carbonyl (C=O) groups is 2. The lowest BCUT2D eigenvalue weighted by Crippen LogP contribution is -2.40. The summed E-state index contributed by atoms with van der Waals surface area (Å²) in [7, 11) is 0. The van der Waals surface area contributed by atoms with Gasteiger partial charge in [0.1, 0.15) is 0 Å². The molecule has 28 heavy (non-hydrogen) atoms. The molecule has 1 aliphatic rings. The lowest BCUT2D eigenvalue weighted by molar-refractivity contribution is -0.131.